The van der Waals surface area contributed by atoms with Gasteiger partial charge in [-0.25, -0.2) is 9.97 Å². The number of hydrogen-bond donors (Lipinski definition) is 0. The summed E-state index contributed by atoms with van der Waals surface area (Å²) < 4.78 is 21.2. The Kier molecular flexibility index (Phi) is 7.89. The average Bonchev–Trinajstić information content (AvgIpc) is 3.12. The molecule has 0 saturated carbocycles. The van der Waals surface area contributed by atoms with Crippen LogP contribution in [0.4, 0.5) is 0 Å². The van der Waals surface area contributed by atoms with Crippen LogP contribution in [0.5, 0.6) is 0 Å². The van der Waals surface area contributed by atoms with Crippen molar-refractivity contribution < 1.29 is 23.5 Å². The predicted octanol–water partition coefficient (Wildman–Crippen LogP) is 2.41. The molecule has 2 aromatic rings. The number of rotatable bonds is 9. The fourth-order valence-corrected chi connectivity index (χ4v) is 3.71. The van der Waals surface area contributed by atoms with E-state index in [0.717, 1.165) is 24.1 Å². The van der Waals surface area contributed by atoms with E-state index in [9.17, 15) is 4.79 Å². The quantitative estimate of drug-likeness (QED) is 0.573. The van der Waals surface area contributed by atoms with Crippen molar-refractivity contribution in [3.63, 3.8) is 0 Å². The normalized spacial score (nSPS) is 16.8. The Morgan fingerprint density at radius 3 is 2.83 bits per heavy atom. The van der Waals surface area contributed by atoms with E-state index in [1.54, 1.807) is 21.1 Å². The highest BCUT2D eigenvalue weighted by atomic mass is 16.5. The van der Waals surface area contributed by atoms with Crippen molar-refractivity contribution in [1.29, 1.82) is 0 Å². The third-order valence-corrected chi connectivity index (χ3v) is 5.28. The molecule has 0 aromatic carbocycles. The van der Waals surface area contributed by atoms with Gasteiger partial charge >= 0.3 is 0 Å². The summed E-state index contributed by atoms with van der Waals surface area (Å²) in [5.74, 6) is 1.30. The summed E-state index contributed by atoms with van der Waals surface area (Å²) in [5.41, 5.74) is 2.94. The lowest BCUT2D eigenvalue weighted by atomic mass is 9.91. The standard InChI is InChI=1S/C21H30N4O5/c1-14-18(13-28-4)20(24-30-14)21(26)25-7-5-6-16(11-25)19-17(10-22-15(2)23-19)12-29-9-8-27-3/h10,16H,5-9,11-13H2,1-4H3. The molecule has 0 spiro atoms. The molecule has 0 N–H and O–H groups in total. The highest BCUT2D eigenvalue weighted by Gasteiger charge is 2.31. The van der Waals surface area contributed by atoms with Gasteiger partial charge in [-0.3, -0.25) is 4.79 Å². The maximum absolute atomic E-state index is 13.2. The van der Waals surface area contributed by atoms with Gasteiger partial charge in [-0.05, 0) is 26.7 Å². The molecule has 3 rings (SSSR count). The molecule has 164 valence electrons. The summed E-state index contributed by atoms with van der Waals surface area (Å²) in [7, 11) is 3.23. The molecule has 1 aliphatic heterocycles. The van der Waals surface area contributed by atoms with Gasteiger partial charge in [-0.15, -0.1) is 0 Å². The Labute approximate surface area is 176 Å². The zero-order valence-electron chi connectivity index (χ0n) is 18.1. The molecular weight excluding hydrogens is 388 g/mol. The topological polar surface area (TPSA) is 99.8 Å². The van der Waals surface area contributed by atoms with E-state index in [1.807, 2.05) is 18.0 Å². The van der Waals surface area contributed by atoms with Gasteiger partial charge in [0.05, 0.1) is 37.7 Å². The molecule has 9 nitrogen and oxygen atoms in total. The van der Waals surface area contributed by atoms with Crippen molar-refractivity contribution in [3.05, 3.63) is 40.3 Å². The highest BCUT2D eigenvalue weighted by molar-refractivity contribution is 5.93. The lowest BCUT2D eigenvalue weighted by molar-refractivity contribution is 0.0601. The second kappa shape index (κ2) is 10.6. The van der Waals surface area contributed by atoms with Crippen molar-refractivity contribution in [2.75, 3.05) is 40.5 Å². The number of amides is 1. The largest absolute Gasteiger partial charge is 0.382 e. The summed E-state index contributed by atoms with van der Waals surface area (Å²) in [6.07, 6.45) is 3.66. The molecule has 1 fully saturated rings. The summed E-state index contributed by atoms with van der Waals surface area (Å²) in [6.45, 7) is 6.67. The first-order valence-corrected chi connectivity index (χ1v) is 10.2. The molecule has 3 heterocycles. The van der Waals surface area contributed by atoms with Gasteiger partial charge in [0.2, 0.25) is 0 Å². The third kappa shape index (κ3) is 5.21. The summed E-state index contributed by atoms with van der Waals surface area (Å²) in [5, 5.41) is 3.99. The number of methoxy groups -OCH3 is 2. The number of ether oxygens (including phenoxy) is 3. The second-order valence-corrected chi connectivity index (χ2v) is 7.46. The van der Waals surface area contributed by atoms with Crippen LogP contribution in [-0.4, -0.2) is 66.5 Å². The van der Waals surface area contributed by atoms with Gasteiger partial charge in [-0.1, -0.05) is 5.16 Å². The van der Waals surface area contributed by atoms with Crippen LogP contribution in [0.3, 0.4) is 0 Å². The summed E-state index contributed by atoms with van der Waals surface area (Å²) in [4.78, 5) is 24.0. The molecule has 1 saturated heterocycles. The van der Waals surface area contributed by atoms with Crippen molar-refractivity contribution in [2.45, 2.75) is 45.8 Å². The van der Waals surface area contributed by atoms with Crippen LogP contribution in [0.1, 0.15) is 57.7 Å². The summed E-state index contributed by atoms with van der Waals surface area (Å²) >= 11 is 0. The van der Waals surface area contributed by atoms with Gasteiger partial charge in [0.25, 0.3) is 5.91 Å². The molecule has 0 radical (unpaired) electrons. The Hall–Kier alpha value is -2.36. The van der Waals surface area contributed by atoms with E-state index in [-0.39, 0.29) is 11.8 Å². The second-order valence-electron chi connectivity index (χ2n) is 7.46. The van der Waals surface area contributed by atoms with Crippen LogP contribution in [0.25, 0.3) is 0 Å². The first-order valence-electron chi connectivity index (χ1n) is 10.2. The van der Waals surface area contributed by atoms with Crippen LogP contribution in [0, 0.1) is 13.8 Å². The van der Waals surface area contributed by atoms with Crippen LogP contribution < -0.4 is 0 Å². The van der Waals surface area contributed by atoms with E-state index in [2.05, 4.69) is 10.1 Å². The zero-order valence-corrected chi connectivity index (χ0v) is 18.1. The van der Waals surface area contributed by atoms with Gasteiger partial charge in [0, 0.05) is 45.0 Å². The number of aryl methyl sites for hydroxylation is 2. The Balaban J connectivity index is 1.76. The lowest BCUT2D eigenvalue weighted by Crippen LogP contribution is -2.40. The van der Waals surface area contributed by atoms with Gasteiger partial charge < -0.3 is 23.6 Å². The SMILES string of the molecule is COCCOCc1cnc(C)nc1C1CCCN(C(=O)c2noc(C)c2COC)C1. The first kappa shape index (κ1) is 22.3. The molecule has 1 aliphatic rings. The number of likely N-dealkylation sites (tertiary alicyclic amines) is 1. The van der Waals surface area contributed by atoms with Crippen LogP contribution in [0.15, 0.2) is 10.7 Å². The molecule has 1 amide bonds. The molecule has 0 aliphatic carbocycles. The maximum Gasteiger partial charge on any atom is 0.276 e. The smallest absolute Gasteiger partial charge is 0.276 e. The zero-order chi connectivity index (χ0) is 21.5. The van der Waals surface area contributed by atoms with Crippen molar-refractivity contribution in [3.8, 4) is 0 Å². The Morgan fingerprint density at radius 1 is 1.23 bits per heavy atom. The minimum Gasteiger partial charge on any atom is -0.382 e. The van der Waals surface area contributed by atoms with E-state index in [1.165, 1.54) is 0 Å². The van der Waals surface area contributed by atoms with E-state index >= 15 is 0 Å². The highest BCUT2D eigenvalue weighted by Crippen LogP contribution is 2.29. The van der Waals surface area contributed by atoms with Gasteiger partial charge in [0.15, 0.2) is 5.69 Å². The lowest BCUT2D eigenvalue weighted by Gasteiger charge is -2.33. The fraction of sp³-hybridized carbons (Fsp3) is 0.619. The molecule has 2 aromatic heterocycles. The van der Waals surface area contributed by atoms with E-state index in [0.29, 0.717) is 62.4 Å². The molecular formula is C21H30N4O5. The third-order valence-electron chi connectivity index (χ3n) is 5.28. The number of piperidine rings is 1. The number of hydrogen-bond acceptors (Lipinski definition) is 8. The molecule has 9 heteroatoms. The predicted molar refractivity (Wildman–Crippen MR) is 108 cm³/mol. The van der Waals surface area contributed by atoms with Crippen LogP contribution in [-0.2, 0) is 27.4 Å². The fourth-order valence-electron chi connectivity index (χ4n) is 3.71. The van der Waals surface area contributed by atoms with E-state index < -0.39 is 0 Å². The molecule has 30 heavy (non-hydrogen) atoms. The molecule has 1 unspecified atom stereocenters. The minimum absolute atomic E-state index is 0.115. The Bertz CT molecular complexity index is 854. The number of aromatic nitrogens is 3. The van der Waals surface area contributed by atoms with Gasteiger partial charge in [0.1, 0.15) is 11.6 Å². The number of nitrogens with zero attached hydrogens (tertiary/aromatic N) is 4. The molecule has 0 bridgehead atoms. The maximum atomic E-state index is 13.2. The van der Waals surface area contributed by atoms with Crippen molar-refractivity contribution in [2.24, 2.45) is 0 Å². The van der Waals surface area contributed by atoms with Gasteiger partial charge in [-0.2, -0.15) is 0 Å². The Morgan fingerprint density at radius 2 is 2.07 bits per heavy atom. The van der Waals surface area contributed by atoms with Crippen molar-refractivity contribution in [1.82, 2.24) is 20.0 Å². The van der Waals surface area contributed by atoms with E-state index in [4.69, 9.17) is 23.7 Å². The first-order chi connectivity index (χ1) is 14.5. The van der Waals surface area contributed by atoms with Crippen molar-refractivity contribution >= 4 is 5.91 Å². The number of carbonyl (C=O) groups is 1. The van der Waals surface area contributed by atoms with Crippen LogP contribution >= 0.6 is 0 Å². The monoisotopic (exact) mass is 418 g/mol. The molecule has 1 atom stereocenters. The summed E-state index contributed by atoms with van der Waals surface area (Å²) in [6, 6.07) is 0. The minimum atomic E-state index is -0.132. The average molecular weight is 418 g/mol. The van der Waals surface area contributed by atoms with Crippen LogP contribution in [0.2, 0.25) is 0 Å². The number of carbonyl (C=O) groups excluding carboxylic acids is 1.